The van der Waals surface area contributed by atoms with E-state index < -0.39 is 16.0 Å². The van der Waals surface area contributed by atoms with Gasteiger partial charge >= 0.3 is 5.97 Å². The highest BCUT2D eigenvalue weighted by Gasteiger charge is 2.32. The number of methoxy groups -OCH3 is 1. The Labute approximate surface area is 215 Å². The van der Waals surface area contributed by atoms with Crippen molar-refractivity contribution in [2.24, 2.45) is 4.40 Å². The minimum absolute atomic E-state index is 0.174. The van der Waals surface area contributed by atoms with Gasteiger partial charge in [0.15, 0.2) is 5.84 Å². The van der Waals surface area contributed by atoms with Crippen LogP contribution in [0.25, 0.3) is 0 Å². The lowest BCUT2D eigenvalue weighted by Gasteiger charge is -2.25. The number of anilines is 1. The first-order valence-electron chi connectivity index (χ1n) is 11.6. The Hall–Kier alpha value is -4.43. The number of sulfonamides is 1. The van der Waals surface area contributed by atoms with Crippen molar-refractivity contribution in [3.05, 3.63) is 119 Å². The van der Waals surface area contributed by atoms with Crippen LogP contribution in [0.1, 0.15) is 27.0 Å². The molecule has 4 aromatic rings. The van der Waals surface area contributed by atoms with Gasteiger partial charge < -0.3 is 14.4 Å². The summed E-state index contributed by atoms with van der Waals surface area (Å²) in [5.74, 6) is 0.972. The fraction of sp³-hybridized carbons (Fsp3) is 0.103. The van der Waals surface area contributed by atoms with E-state index in [1.54, 1.807) is 67.8 Å². The molecule has 0 aromatic heterocycles. The number of carbonyl (C=O) groups excluding carboxylic acids is 1. The Balaban J connectivity index is 1.47. The maximum absolute atomic E-state index is 12.8. The predicted molar refractivity (Wildman–Crippen MR) is 142 cm³/mol. The van der Waals surface area contributed by atoms with Gasteiger partial charge in [0.25, 0.3) is 10.0 Å². The lowest BCUT2D eigenvalue weighted by Crippen LogP contribution is -2.30. The van der Waals surface area contributed by atoms with Crippen molar-refractivity contribution >= 4 is 27.5 Å². The molecular formula is C29H24N2O5S. The van der Waals surface area contributed by atoms with E-state index in [-0.39, 0.29) is 4.90 Å². The van der Waals surface area contributed by atoms with E-state index >= 15 is 0 Å². The Morgan fingerprint density at radius 1 is 0.838 bits per heavy atom. The quantitative estimate of drug-likeness (QED) is 0.255. The molecular weight excluding hydrogens is 488 g/mol. The third kappa shape index (κ3) is 5.10. The Kier molecular flexibility index (Phi) is 6.50. The summed E-state index contributed by atoms with van der Waals surface area (Å²) in [5.41, 5.74) is 3.66. The van der Waals surface area contributed by atoms with Crippen molar-refractivity contribution in [3.63, 3.8) is 0 Å². The third-order valence-electron chi connectivity index (χ3n) is 6.01. The number of ether oxygens (including phenoxy) is 2. The van der Waals surface area contributed by atoms with Gasteiger partial charge in [-0.15, -0.1) is 4.40 Å². The van der Waals surface area contributed by atoms with Crippen molar-refractivity contribution in [1.29, 1.82) is 0 Å². The zero-order valence-electron chi connectivity index (χ0n) is 20.3. The molecule has 0 radical (unpaired) electrons. The average Bonchev–Trinajstić information content (AvgIpc) is 3.19. The molecule has 1 heterocycles. The highest BCUT2D eigenvalue weighted by molar-refractivity contribution is 7.90. The van der Waals surface area contributed by atoms with Crippen LogP contribution in [0.2, 0.25) is 0 Å². The number of amidine groups is 1. The fourth-order valence-electron chi connectivity index (χ4n) is 4.03. The van der Waals surface area contributed by atoms with Crippen LogP contribution in [0.3, 0.4) is 0 Å². The molecule has 0 atom stereocenters. The van der Waals surface area contributed by atoms with E-state index in [2.05, 4.69) is 4.40 Å². The van der Waals surface area contributed by atoms with Crippen molar-refractivity contribution in [3.8, 4) is 11.5 Å². The Morgan fingerprint density at radius 3 is 2.16 bits per heavy atom. The molecule has 0 fully saturated rings. The molecule has 0 spiro atoms. The smallest absolute Gasteiger partial charge is 0.343 e. The number of benzene rings is 4. The molecule has 4 aromatic carbocycles. The molecule has 7 nitrogen and oxygen atoms in total. The molecule has 37 heavy (non-hydrogen) atoms. The molecule has 186 valence electrons. The maximum atomic E-state index is 12.8. The summed E-state index contributed by atoms with van der Waals surface area (Å²) in [4.78, 5) is 14.5. The third-order valence-corrected chi connectivity index (χ3v) is 7.34. The number of nitrogens with zero attached hydrogens (tertiary/aromatic N) is 2. The summed E-state index contributed by atoms with van der Waals surface area (Å²) in [7, 11) is -2.21. The van der Waals surface area contributed by atoms with Crippen LogP contribution in [0.5, 0.6) is 11.5 Å². The molecule has 0 aliphatic carbocycles. The number of carbonyl (C=O) groups is 1. The number of hydrogen-bond acceptors (Lipinski definition) is 6. The summed E-state index contributed by atoms with van der Waals surface area (Å²) in [6.07, 6.45) is 0. The van der Waals surface area contributed by atoms with Gasteiger partial charge in [0, 0.05) is 17.8 Å². The van der Waals surface area contributed by atoms with Gasteiger partial charge in [0.05, 0.1) is 12.7 Å². The Morgan fingerprint density at radius 2 is 1.49 bits per heavy atom. The SMILES string of the molecule is COc1ccc(CN(C2=NS(=O)(=O)c3ccccc32)c2ccc(OC(=O)c3ccc(C)cc3)cc2)cc1. The van der Waals surface area contributed by atoms with Gasteiger partial charge in [0.2, 0.25) is 0 Å². The van der Waals surface area contributed by atoms with Crippen LogP contribution in [0.4, 0.5) is 5.69 Å². The van der Waals surface area contributed by atoms with E-state index in [4.69, 9.17) is 9.47 Å². The second kappa shape index (κ2) is 9.91. The van der Waals surface area contributed by atoms with E-state index in [9.17, 15) is 13.2 Å². The number of aryl methyl sites for hydroxylation is 1. The lowest BCUT2D eigenvalue weighted by atomic mass is 10.1. The largest absolute Gasteiger partial charge is 0.497 e. The summed E-state index contributed by atoms with van der Waals surface area (Å²) < 4.78 is 40.5. The second-order valence-corrected chi connectivity index (χ2v) is 10.1. The van der Waals surface area contributed by atoms with Crippen LogP contribution in [-0.4, -0.2) is 27.3 Å². The lowest BCUT2D eigenvalue weighted by molar-refractivity contribution is 0.0734. The maximum Gasteiger partial charge on any atom is 0.343 e. The van der Waals surface area contributed by atoms with Crippen LogP contribution in [-0.2, 0) is 16.6 Å². The molecule has 1 aliphatic heterocycles. The number of fused-ring (bicyclic) bond motifs is 1. The van der Waals surface area contributed by atoms with E-state index in [1.165, 1.54) is 0 Å². The molecule has 0 bridgehead atoms. The zero-order valence-corrected chi connectivity index (χ0v) is 21.1. The van der Waals surface area contributed by atoms with E-state index in [1.807, 2.05) is 48.2 Å². The van der Waals surface area contributed by atoms with Gasteiger partial charge in [-0.1, -0.05) is 42.0 Å². The van der Waals surface area contributed by atoms with Gasteiger partial charge in [-0.3, -0.25) is 0 Å². The summed E-state index contributed by atoms with van der Waals surface area (Å²) in [6, 6.07) is 28.4. The minimum atomic E-state index is -3.81. The van der Waals surface area contributed by atoms with E-state index in [0.29, 0.717) is 34.9 Å². The molecule has 0 saturated heterocycles. The van der Waals surface area contributed by atoms with Gasteiger partial charge in [-0.05, 0) is 73.2 Å². The molecule has 0 amide bonds. The van der Waals surface area contributed by atoms with E-state index in [0.717, 1.165) is 16.9 Å². The monoisotopic (exact) mass is 512 g/mol. The Bertz CT molecular complexity index is 1580. The van der Waals surface area contributed by atoms with Crippen molar-refractivity contribution in [1.82, 2.24) is 0 Å². The highest BCUT2D eigenvalue weighted by Crippen LogP contribution is 2.32. The first-order valence-corrected chi connectivity index (χ1v) is 13.0. The number of rotatable bonds is 6. The molecule has 0 N–H and O–H groups in total. The van der Waals surface area contributed by atoms with Crippen molar-refractivity contribution < 1.29 is 22.7 Å². The van der Waals surface area contributed by atoms with Crippen LogP contribution in [0, 0.1) is 6.92 Å². The fourth-order valence-corrected chi connectivity index (χ4v) is 5.25. The van der Waals surface area contributed by atoms with Crippen LogP contribution >= 0.6 is 0 Å². The summed E-state index contributed by atoms with van der Waals surface area (Å²) in [6.45, 7) is 2.30. The molecule has 5 rings (SSSR count). The molecule has 1 aliphatic rings. The first kappa shape index (κ1) is 24.3. The first-order chi connectivity index (χ1) is 17.8. The highest BCUT2D eigenvalue weighted by atomic mass is 32.2. The predicted octanol–water partition coefficient (Wildman–Crippen LogP) is 5.38. The molecule has 8 heteroatoms. The van der Waals surface area contributed by atoms with Gasteiger partial charge in [0.1, 0.15) is 16.4 Å². The zero-order chi connectivity index (χ0) is 26.0. The topological polar surface area (TPSA) is 85.3 Å². The molecule has 0 unspecified atom stereocenters. The van der Waals surface area contributed by atoms with Gasteiger partial charge in [-0.25, -0.2) is 4.79 Å². The van der Waals surface area contributed by atoms with Crippen molar-refractivity contribution in [2.45, 2.75) is 18.4 Å². The second-order valence-electron chi connectivity index (χ2n) is 8.57. The normalized spacial score (nSPS) is 13.4. The summed E-state index contributed by atoms with van der Waals surface area (Å²) in [5, 5.41) is 0. The van der Waals surface area contributed by atoms with Crippen LogP contribution in [0.15, 0.2) is 106 Å². The standard InChI is InChI=1S/C29H24N2O5S/c1-20-7-11-22(12-8-20)29(32)36-25-17-13-23(14-18-25)31(19-21-9-15-24(35-2)16-10-21)28-26-5-3-4-6-27(26)37(33,34)30-28/h3-18H,19H2,1-2H3. The van der Waals surface area contributed by atoms with Gasteiger partial charge in [-0.2, -0.15) is 8.42 Å². The van der Waals surface area contributed by atoms with Crippen molar-refractivity contribution in [2.75, 3.05) is 12.0 Å². The van der Waals surface area contributed by atoms with Crippen LogP contribution < -0.4 is 14.4 Å². The number of hydrogen-bond donors (Lipinski definition) is 0. The minimum Gasteiger partial charge on any atom is -0.497 e. The summed E-state index contributed by atoms with van der Waals surface area (Å²) >= 11 is 0. The molecule has 0 saturated carbocycles. The number of esters is 1. The average molecular weight is 513 g/mol.